The number of carbonyl (C=O) groups excluding carboxylic acids is 1. The van der Waals surface area contributed by atoms with E-state index < -0.39 is 32.6 Å². The molecule has 7 nitrogen and oxygen atoms in total. The first-order chi connectivity index (χ1) is 16.6. The third-order valence-corrected chi connectivity index (χ3v) is 9.71. The van der Waals surface area contributed by atoms with Gasteiger partial charge in [-0.15, -0.1) is 11.3 Å². The fourth-order valence-electron chi connectivity index (χ4n) is 4.61. The van der Waals surface area contributed by atoms with Crippen molar-refractivity contribution in [2.45, 2.75) is 74.4 Å². The van der Waals surface area contributed by atoms with Crippen LogP contribution in [0.1, 0.15) is 69.7 Å². The highest BCUT2D eigenvalue weighted by Gasteiger charge is 2.39. The van der Waals surface area contributed by atoms with Crippen LogP contribution in [0.15, 0.2) is 34.6 Å². The van der Waals surface area contributed by atoms with E-state index in [-0.39, 0.29) is 16.9 Å². The lowest BCUT2D eigenvalue weighted by Gasteiger charge is -2.16. The van der Waals surface area contributed by atoms with Gasteiger partial charge in [0.25, 0.3) is 5.91 Å². The Labute approximate surface area is 208 Å². The van der Waals surface area contributed by atoms with Crippen LogP contribution in [-0.4, -0.2) is 37.0 Å². The Morgan fingerprint density at radius 3 is 2.60 bits per heavy atom. The van der Waals surface area contributed by atoms with E-state index in [1.165, 1.54) is 23.5 Å². The van der Waals surface area contributed by atoms with Crippen molar-refractivity contribution in [2.24, 2.45) is 5.92 Å². The Hall–Kier alpha value is -2.14. The zero-order chi connectivity index (χ0) is 24.8. The molecule has 3 aliphatic rings. The van der Waals surface area contributed by atoms with Gasteiger partial charge in [-0.25, -0.2) is 17.8 Å². The third-order valence-electron chi connectivity index (χ3n) is 6.64. The van der Waals surface area contributed by atoms with Gasteiger partial charge in [0.1, 0.15) is 16.8 Å². The minimum atomic E-state index is -3.67. The minimum absolute atomic E-state index is 0.215. The van der Waals surface area contributed by atoms with Gasteiger partial charge in [0.2, 0.25) is 0 Å². The highest BCUT2D eigenvalue weighted by atomic mass is 32.2. The summed E-state index contributed by atoms with van der Waals surface area (Å²) in [4.78, 5) is 17.5. The number of nitrogens with one attached hydrogen (secondary N) is 1. The monoisotopic (exact) mass is 520 g/mol. The molecule has 0 spiro atoms. The molecule has 2 aromatic rings. The number of rotatable bonds is 7. The number of nitrogens with zero attached hydrogens (tertiary/aromatic N) is 1. The molecule has 1 amide bonds. The van der Waals surface area contributed by atoms with E-state index in [9.17, 15) is 17.6 Å². The summed E-state index contributed by atoms with van der Waals surface area (Å²) in [6, 6.07) is 3.97. The van der Waals surface area contributed by atoms with Gasteiger partial charge < -0.3 is 9.47 Å². The van der Waals surface area contributed by atoms with Crippen LogP contribution in [0.3, 0.4) is 0 Å². The Bertz CT molecular complexity index is 1260. The smallest absolute Gasteiger partial charge is 0.257 e. The minimum Gasteiger partial charge on any atom is -0.347 e. The molecule has 2 heterocycles. The molecule has 1 saturated heterocycles. The molecule has 35 heavy (non-hydrogen) atoms. The summed E-state index contributed by atoms with van der Waals surface area (Å²) in [5, 5.41) is 4.56. The first-order valence-electron chi connectivity index (χ1n) is 12.0. The van der Waals surface area contributed by atoms with Crippen LogP contribution in [0.25, 0.3) is 5.57 Å². The number of anilines is 1. The van der Waals surface area contributed by atoms with Gasteiger partial charge in [-0.2, -0.15) is 0 Å². The van der Waals surface area contributed by atoms with Crippen molar-refractivity contribution in [1.29, 1.82) is 0 Å². The lowest BCUT2D eigenvalue weighted by Crippen LogP contribution is -2.19. The van der Waals surface area contributed by atoms with E-state index in [0.29, 0.717) is 41.4 Å². The molecule has 2 aliphatic carbocycles. The van der Waals surface area contributed by atoms with Crippen LogP contribution >= 0.6 is 11.3 Å². The van der Waals surface area contributed by atoms with E-state index >= 15 is 0 Å². The first kappa shape index (κ1) is 24.5. The molecule has 1 aliphatic heterocycles. The highest BCUT2D eigenvalue weighted by molar-refractivity contribution is 7.92. The summed E-state index contributed by atoms with van der Waals surface area (Å²) in [6.07, 6.45) is 6.78. The van der Waals surface area contributed by atoms with Crippen molar-refractivity contribution < 1.29 is 27.1 Å². The number of hydrogen-bond donors (Lipinski definition) is 1. The average Bonchev–Trinajstić information content (AvgIpc) is 3.18. The Balaban J connectivity index is 1.39. The number of thiazole rings is 1. The van der Waals surface area contributed by atoms with Gasteiger partial charge in [-0.1, -0.05) is 25.0 Å². The molecule has 188 valence electrons. The van der Waals surface area contributed by atoms with E-state index in [1.807, 2.05) is 25.3 Å². The summed E-state index contributed by atoms with van der Waals surface area (Å²) < 4.78 is 51.5. The maximum absolute atomic E-state index is 15.0. The summed E-state index contributed by atoms with van der Waals surface area (Å²) in [5.41, 5.74) is 1.36. The number of hydrogen-bond acceptors (Lipinski definition) is 7. The fourth-order valence-corrected chi connectivity index (χ4v) is 7.06. The number of benzene rings is 1. The Morgan fingerprint density at radius 2 is 1.97 bits per heavy atom. The van der Waals surface area contributed by atoms with E-state index in [4.69, 9.17) is 9.47 Å². The Morgan fingerprint density at radius 1 is 1.23 bits per heavy atom. The quantitative estimate of drug-likeness (QED) is 0.501. The number of halogens is 1. The van der Waals surface area contributed by atoms with Crippen LogP contribution in [0.5, 0.6) is 0 Å². The molecule has 10 heteroatoms. The largest absolute Gasteiger partial charge is 0.347 e. The summed E-state index contributed by atoms with van der Waals surface area (Å²) in [6.45, 7) is 4.05. The predicted octanol–water partition coefficient (Wildman–Crippen LogP) is 5.25. The van der Waals surface area contributed by atoms with Crippen molar-refractivity contribution in [2.75, 3.05) is 11.9 Å². The van der Waals surface area contributed by atoms with Crippen LogP contribution in [0, 0.1) is 11.7 Å². The molecule has 5 rings (SSSR count). The lowest BCUT2D eigenvalue weighted by atomic mass is 9.98. The van der Waals surface area contributed by atoms with Crippen molar-refractivity contribution >= 4 is 37.8 Å². The van der Waals surface area contributed by atoms with Gasteiger partial charge in [0.15, 0.2) is 20.8 Å². The zero-order valence-electron chi connectivity index (χ0n) is 19.8. The van der Waals surface area contributed by atoms with Gasteiger partial charge in [0.05, 0.1) is 17.6 Å². The maximum Gasteiger partial charge on any atom is 0.257 e. The van der Waals surface area contributed by atoms with Crippen molar-refractivity contribution in [3.05, 3.63) is 46.7 Å². The number of ether oxygens (including phenoxy) is 2. The summed E-state index contributed by atoms with van der Waals surface area (Å²) >= 11 is 1.28. The van der Waals surface area contributed by atoms with Gasteiger partial charge in [-0.3, -0.25) is 10.1 Å². The summed E-state index contributed by atoms with van der Waals surface area (Å²) in [7, 11) is -3.67. The van der Waals surface area contributed by atoms with E-state index in [0.717, 1.165) is 31.7 Å². The van der Waals surface area contributed by atoms with Crippen molar-refractivity contribution in [3.8, 4) is 0 Å². The first-order valence-corrected chi connectivity index (χ1v) is 14.4. The average molecular weight is 521 g/mol. The molecule has 1 aromatic heterocycles. The van der Waals surface area contributed by atoms with Gasteiger partial charge in [-0.05, 0) is 63.1 Å². The number of allylic oxidation sites excluding steroid dienone is 1. The molecule has 1 atom stereocenters. The molecule has 1 aromatic carbocycles. The van der Waals surface area contributed by atoms with Crippen LogP contribution in [0.4, 0.5) is 9.52 Å². The third kappa shape index (κ3) is 5.35. The second-order valence-electron chi connectivity index (χ2n) is 9.86. The SMILES string of the molecule is CC1(C)OCC(c2csc(NC(=O)C(=CC3CCCC3)c3ccc(S(=O)(=O)C4CC4)c(F)c3)n2)O1. The lowest BCUT2D eigenvalue weighted by molar-refractivity contribution is -0.139. The predicted molar refractivity (Wildman–Crippen MR) is 131 cm³/mol. The second-order valence-corrected chi connectivity index (χ2v) is 12.9. The maximum atomic E-state index is 15.0. The molecule has 1 N–H and O–H groups in total. The van der Waals surface area contributed by atoms with E-state index in [2.05, 4.69) is 10.3 Å². The highest BCUT2D eigenvalue weighted by Crippen LogP contribution is 2.37. The van der Waals surface area contributed by atoms with Crippen LogP contribution in [0.2, 0.25) is 0 Å². The van der Waals surface area contributed by atoms with Crippen molar-refractivity contribution in [1.82, 2.24) is 4.98 Å². The molecular formula is C25H29FN2O5S2. The fraction of sp³-hybridized carbons (Fsp3) is 0.520. The van der Waals surface area contributed by atoms with E-state index in [1.54, 1.807) is 0 Å². The zero-order valence-corrected chi connectivity index (χ0v) is 21.4. The standard InChI is InChI=1S/C25H29FN2O5S2/c1-25(2)32-13-21(33-25)20-14-34-24(27-20)28-23(29)18(11-15-5-3-4-6-15)16-7-10-22(19(26)12-16)35(30,31)17-8-9-17/h7,10-12,14-15,17,21H,3-6,8-9,13H2,1-2H3,(H,27,28,29). The van der Waals surface area contributed by atoms with Crippen LogP contribution in [-0.2, 0) is 24.1 Å². The molecular weight excluding hydrogens is 491 g/mol. The van der Waals surface area contributed by atoms with Gasteiger partial charge in [0, 0.05) is 11.0 Å². The normalized spacial score (nSPS) is 23.1. The molecule has 3 fully saturated rings. The number of amides is 1. The molecule has 0 bridgehead atoms. The Kier molecular flexibility index (Phi) is 6.58. The second kappa shape index (κ2) is 9.38. The topological polar surface area (TPSA) is 94.6 Å². The molecule has 0 radical (unpaired) electrons. The van der Waals surface area contributed by atoms with Crippen molar-refractivity contribution in [3.63, 3.8) is 0 Å². The number of sulfone groups is 1. The number of aromatic nitrogens is 1. The molecule has 2 saturated carbocycles. The van der Waals surface area contributed by atoms with Crippen LogP contribution < -0.4 is 5.32 Å². The van der Waals surface area contributed by atoms with Gasteiger partial charge >= 0.3 is 0 Å². The molecule has 1 unspecified atom stereocenters. The number of carbonyl (C=O) groups is 1. The summed E-state index contributed by atoms with van der Waals surface area (Å²) in [5.74, 6) is -1.69.